The summed E-state index contributed by atoms with van der Waals surface area (Å²) in [6.45, 7) is 7.91. The fourth-order valence-electron chi connectivity index (χ4n) is 1.81. The summed E-state index contributed by atoms with van der Waals surface area (Å²) >= 11 is 0. The second-order valence-corrected chi connectivity index (χ2v) is 5.22. The van der Waals surface area contributed by atoms with Crippen LogP contribution in [0.25, 0.3) is 0 Å². The molecule has 0 N–H and O–H groups in total. The van der Waals surface area contributed by atoms with E-state index < -0.39 is 17.9 Å². The first-order valence-electron chi connectivity index (χ1n) is 8.63. The molecular formula is C20H24O8. The van der Waals surface area contributed by atoms with Crippen molar-refractivity contribution in [1.82, 2.24) is 0 Å². The van der Waals surface area contributed by atoms with E-state index in [1.54, 1.807) is 24.3 Å². The molecule has 0 bridgehead atoms. The Balaban J connectivity index is 2.16. The summed E-state index contributed by atoms with van der Waals surface area (Å²) in [4.78, 5) is 33.6. The molecule has 0 atom stereocenters. The van der Waals surface area contributed by atoms with Crippen molar-refractivity contribution in [2.24, 2.45) is 0 Å². The van der Waals surface area contributed by atoms with Crippen molar-refractivity contribution in [3.8, 4) is 5.75 Å². The summed E-state index contributed by atoms with van der Waals surface area (Å²) in [5.74, 6) is -0.897. The number of esters is 3. The van der Waals surface area contributed by atoms with Gasteiger partial charge in [-0.25, -0.2) is 14.4 Å². The first kappa shape index (κ1) is 22.9. The summed E-state index contributed by atoms with van der Waals surface area (Å²) in [5, 5.41) is 0. The third kappa shape index (κ3) is 10.1. The van der Waals surface area contributed by atoms with Crippen LogP contribution in [-0.4, -0.2) is 57.5 Å². The van der Waals surface area contributed by atoms with Gasteiger partial charge in [0.15, 0.2) is 0 Å². The maximum atomic E-state index is 11.9. The minimum absolute atomic E-state index is 0.140. The SMILES string of the molecule is C=CC(=O)OCCCOC(=O)c1ccc(OCCOCCOC(=O)C=C)cc1. The summed E-state index contributed by atoms with van der Waals surface area (Å²) in [6, 6.07) is 6.47. The predicted molar refractivity (Wildman–Crippen MR) is 100.0 cm³/mol. The van der Waals surface area contributed by atoms with Crippen molar-refractivity contribution in [1.29, 1.82) is 0 Å². The lowest BCUT2D eigenvalue weighted by molar-refractivity contribution is -0.139. The van der Waals surface area contributed by atoms with Crippen LogP contribution in [0.1, 0.15) is 16.8 Å². The average Bonchev–Trinajstić information content (AvgIpc) is 2.72. The van der Waals surface area contributed by atoms with Crippen LogP contribution in [0, 0.1) is 0 Å². The average molecular weight is 392 g/mol. The Morgan fingerprint density at radius 2 is 1.32 bits per heavy atom. The van der Waals surface area contributed by atoms with E-state index in [-0.39, 0.29) is 26.4 Å². The predicted octanol–water partition coefficient (Wildman–Crippen LogP) is 2.09. The van der Waals surface area contributed by atoms with Gasteiger partial charge in [-0.1, -0.05) is 13.2 Å². The van der Waals surface area contributed by atoms with Crippen molar-refractivity contribution in [2.45, 2.75) is 6.42 Å². The van der Waals surface area contributed by atoms with Crippen LogP contribution < -0.4 is 4.74 Å². The molecule has 0 aliphatic heterocycles. The lowest BCUT2D eigenvalue weighted by Crippen LogP contribution is -2.12. The molecule has 8 heteroatoms. The van der Waals surface area contributed by atoms with Crippen molar-refractivity contribution >= 4 is 17.9 Å². The van der Waals surface area contributed by atoms with E-state index in [9.17, 15) is 14.4 Å². The highest BCUT2D eigenvalue weighted by Crippen LogP contribution is 2.13. The van der Waals surface area contributed by atoms with E-state index in [0.717, 1.165) is 12.2 Å². The molecule has 0 aromatic heterocycles. The van der Waals surface area contributed by atoms with Crippen LogP contribution in [-0.2, 0) is 28.5 Å². The molecule has 0 saturated carbocycles. The first-order valence-corrected chi connectivity index (χ1v) is 8.63. The second kappa shape index (κ2) is 14.0. The maximum absolute atomic E-state index is 11.9. The fourth-order valence-corrected chi connectivity index (χ4v) is 1.81. The quantitative estimate of drug-likeness (QED) is 0.205. The number of benzene rings is 1. The van der Waals surface area contributed by atoms with Crippen LogP contribution in [0.15, 0.2) is 49.6 Å². The molecule has 1 aromatic carbocycles. The van der Waals surface area contributed by atoms with Gasteiger partial charge >= 0.3 is 17.9 Å². The number of ether oxygens (including phenoxy) is 5. The summed E-state index contributed by atoms with van der Waals surface area (Å²) < 4.78 is 25.3. The molecule has 28 heavy (non-hydrogen) atoms. The Labute approximate surface area is 163 Å². The Kier molecular flexibility index (Phi) is 11.4. The van der Waals surface area contributed by atoms with Gasteiger partial charge in [-0.3, -0.25) is 0 Å². The van der Waals surface area contributed by atoms with Crippen LogP contribution in [0.5, 0.6) is 5.75 Å². The number of carbonyl (C=O) groups is 3. The number of rotatable bonds is 14. The molecule has 0 amide bonds. The summed E-state index contributed by atoms with van der Waals surface area (Å²) in [5.41, 5.74) is 0.385. The van der Waals surface area contributed by atoms with Crippen molar-refractivity contribution < 1.29 is 38.1 Å². The van der Waals surface area contributed by atoms with Crippen molar-refractivity contribution in [3.05, 3.63) is 55.1 Å². The van der Waals surface area contributed by atoms with E-state index in [1.807, 2.05) is 0 Å². The van der Waals surface area contributed by atoms with Crippen LogP contribution in [0.4, 0.5) is 0 Å². The summed E-state index contributed by atoms with van der Waals surface area (Å²) in [7, 11) is 0. The van der Waals surface area contributed by atoms with Gasteiger partial charge in [0.25, 0.3) is 0 Å². The molecule has 0 saturated heterocycles. The van der Waals surface area contributed by atoms with E-state index in [2.05, 4.69) is 13.2 Å². The zero-order chi connectivity index (χ0) is 20.6. The van der Waals surface area contributed by atoms with Gasteiger partial charge in [0.1, 0.15) is 19.0 Å². The molecule has 0 heterocycles. The lowest BCUT2D eigenvalue weighted by atomic mass is 10.2. The highest BCUT2D eigenvalue weighted by Gasteiger charge is 2.07. The highest BCUT2D eigenvalue weighted by molar-refractivity contribution is 5.89. The van der Waals surface area contributed by atoms with Crippen LogP contribution >= 0.6 is 0 Å². The van der Waals surface area contributed by atoms with Crippen LogP contribution in [0.3, 0.4) is 0 Å². The molecule has 8 nitrogen and oxygen atoms in total. The topological polar surface area (TPSA) is 97.4 Å². The monoisotopic (exact) mass is 392 g/mol. The fraction of sp³-hybridized carbons (Fsp3) is 0.350. The normalized spacial score (nSPS) is 9.86. The van der Waals surface area contributed by atoms with E-state index in [4.69, 9.17) is 23.7 Å². The Morgan fingerprint density at radius 3 is 1.96 bits per heavy atom. The molecule has 152 valence electrons. The van der Waals surface area contributed by atoms with Gasteiger partial charge in [-0.2, -0.15) is 0 Å². The molecule has 0 spiro atoms. The van der Waals surface area contributed by atoms with Crippen molar-refractivity contribution in [3.63, 3.8) is 0 Å². The maximum Gasteiger partial charge on any atom is 0.338 e. The third-order valence-electron chi connectivity index (χ3n) is 3.16. The lowest BCUT2D eigenvalue weighted by Gasteiger charge is -2.08. The molecule has 0 aliphatic carbocycles. The van der Waals surface area contributed by atoms with Gasteiger partial charge in [0.05, 0.1) is 32.0 Å². The zero-order valence-corrected chi connectivity index (χ0v) is 15.6. The zero-order valence-electron chi connectivity index (χ0n) is 15.6. The molecule has 0 fully saturated rings. The van der Waals surface area contributed by atoms with Gasteiger partial charge in [-0.15, -0.1) is 0 Å². The minimum atomic E-state index is -0.511. The van der Waals surface area contributed by atoms with E-state index >= 15 is 0 Å². The number of hydrogen-bond donors (Lipinski definition) is 0. The second-order valence-electron chi connectivity index (χ2n) is 5.22. The highest BCUT2D eigenvalue weighted by atomic mass is 16.6. The number of carbonyl (C=O) groups excluding carboxylic acids is 3. The third-order valence-corrected chi connectivity index (χ3v) is 3.16. The van der Waals surface area contributed by atoms with Gasteiger partial charge in [0, 0.05) is 18.6 Å². The molecule has 1 rings (SSSR count). The number of hydrogen-bond acceptors (Lipinski definition) is 8. The Hall–Kier alpha value is -3.13. The van der Waals surface area contributed by atoms with Gasteiger partial charge < -0.3 is 23.7 Å². The van der Waals surface area contributed by atoms with E-state index in [0.29, 0.717) is 30.9 Å². The smallest absolute Gasteiger partial charge is 0.338 e. The molecule has 0 aliphatic rings. The molecule has 0 unspecified atom stereocenters. The van der Waals surface area contributed by atoms with E-state index in [1.165, 1.54) is 0 Å². The first-order chi connectivity index (χ1) is 13.6. The standard InChI is InChI=1S/C20H24O8/c1-3-18(21)26-10-5-11-28-20(23)16-6-8-17(9-7-16)25-14-12-24-13-15-27-19(22)4-2/h3-4,6-9H,1-2,5,10-15H2. The molecular weight excluding hydrogens is 368 g/mol. The Morgan fingerprint density at radius 1 is 0.750 bits per heavy atom. The largest absolute Gasteiger partial charge is 0.491 e. The molecule has 1 aromatic rings. The van der Waals surface area contributed by atoms with Crippen molar-refractivity contribution in [2.75, 3.05) is 39.6 Å². The molecule has 0 radical (unpaired) electrons. The Bertz CT molecular complexity index is 651. The van der Waals surface area contributed by atoms with Gasteiger partial charge in [-0.05, 0) is 24.3 Å². The van der Waals surface area contributed by atoms with Crippen LogP contribution in [0.2, 0.25) is 0 Å². The summed E-state index contributed by atoms with van der Waals surface area (Å²) in [6.07, 6.45) is 2.56. The minimum Gasteiger partial charge on any atom is -0.491 e. The van der Waals surface area contributed by atoms with Gasteiger partial charge in [0.2, 0.25) is 0 Å².